The average Bonchev–Trinajstić information content (AvgIpc) is 2.37. The summed E-state index contributed by atoms with van der Waals surface area (Å²) in [5, 5.41) is 6.17. The Balaban J connectivity index is 2.65. The van der Waals surface area contributed by atoms with Crippen LogP contribution in [0.3, 0.4) is 0 Å². The molecule has 0 saturated heterocycles. The lowest BCUT2D eigenvalue weighted by atomic mass is 9.95. The highest BCUT2D eigenvalue weighted by atomic mass is 35.5. The summed E-state index contributed by atoms with van der Waals surface area (Å²) in [6, 6.07) is 6.54. The first-order chi connectivity index (χ1) is 9.62. The molecule has 0 bridgehead atoms. The first-order valence-electron chi connectivity index (χ1n) is 6.98. The number of rotatable bonds is 4. The van der Waals surface area contributed by atoms with Gasteiger partial charge in [-0.3, -0.25) is 9.59 Å². The SMILES string of the molecule is CC(NC(=O)C(C)(C)C)C(=O)NC(C)c1ccccc1Cl. The lowest BCUT2D eigenvalue weighted by Gasteiger charge is -2.23. The molecule has 0 aliphatic heterocycles. The predicted molar refractivity (Wildman–Crippen MR) is 85.1 cm³/mol. The third kappa shape index (κ3) is 5.05. The highest BCUT2D eigenvalue weighted by Crippen LogP contribution is 2.22. The fourth-order valence-corrected chi connectivity index (χ4v) is 2.02. The molecule has 2 N–H and O–H groups in total. The van der Waals surface area contributed by atoms with Gasteiger partial charge in [-0.15, -0.1) is 0 Å². The van der Waals surface area contributed by atoms with Crippen molar-refractivity contribution < 1.29 is 9.59 Å². The van der Waals surface area contributed by atoms with E-state index >= 15 is 0 Å². The van der Waals surface area contributed by atoms with Crippen LogP contribution in [0.1, 0.15) is 46.2 Å². The molecule has 0 radical (unpaired) electrons. The van der Waals surface area contributed by atoms with Gasteiger partial charge in [0.1, 0.15) is 6.04 Å². The van der Waals surface area contributed by atoms with Crippen LogP contribution in [-0.2, 0) is 9.59 Å². The first-order valence-corrected chi connectivity index (χ1v) is 7.36. The number of halogens is 1. The summed E-state index contributed by atoms with van der Waals surface area (Å²) in [6.07, 6.45) is 0. The molecule has 1 aromatic rings. The van der Waals surface area contributed by atoms with Crippen LogP contribution in [0, 0.1) is 5.41 Å². The van der Waals surface area contributed by atoms with E-state index in [2.05, 4.69) is 10.6 Å². The van der Waals surface area contributed by atoms with Gasteiger partial charge in [-0.25, -0.2) is 0 Å². The molecule has 1 rings (SSSR count). The van der Waals surface area contributed by atoms with Crippen LogP contribution >= 0.6 is 11.6 Å². The second kappa shape index (κ2) is 6.94. The maximum absolute atomic E-state index is 12.1. The van der Waals surface area contributed by atoms with Gasteiger partial charge in [0.2, 0.25) is 11.8 Å². The van der Waals surface area contributed by atoms with Crippen molar-refractivity contribution >= 4 is 23.4 Å². The van der Waals surface area contributed by atoms with Crippen molar-refractivity contribution in [3.63, 3.8) is 0 Å². The molecule has 2 amide bonds. The summed E-state index contributed by atoms with van der Waals surface area (Å²) in [5.41, 5.74) is 0.324. The largest absolute Gasteiger partial charge is 0.348 e. The Morgan fingerprint density at radius 3 is 2.19 bits per heavy atom. The summed E-state index contributed by atoms with van der Waals surface area (Å²) in [6.45, 7) is 8.94. The lowest BCUT2D eigenvalue weighted by molar-refractivity contribution is -0.133. The summed E-state index contributed by atoms with van der Waals surface area (Å²) < 4.78 is 0. The summed E-state index contributed by atoms with van der Waals surface area (Å²) in [5.74, 6) is -0.393. The number of carbonyl (C=O) groups excluding carboxylic acids is 2. The summed E-state index contributed by atoms with van der Waals surface area (Å²) >= 11 is 6.11. The van der Waals surface area contributed by atoms with Crippen LogP contribution in [-0.4, -0.2) is 17.9 Å². The van der Waals surface area contributed by atoms with Crippen molar-refractivity contribution in [2.45, 2.75) is 46.7 Å². The molecule has 5 heteroatoms. The average molecular weight is 311 g/mol. The van der Waals surface area contributed by atoms with E-state index in [-0.39, 0.29) is 17.9 Å². The van der Waals surface area contributed by atoms with Crippen LogP contribution in [0.25, 0.3) is 0 Å². The molecule has 2 atom stereocenters. The maximum Gasteiger partial charge on any atom is 0.242 e. The van der Waals surface area contributed by atoms with Crippen molar-refractivity contribution in [3.05, 3.63) is 34.9 Å². The lowest BCUT2D eigenvalue weighted by Crippen LogP contribution is -2.48. The summed E-state index contributed by atoms with van der Waals surface area (Å²) in [7, 11) is 0. The molecule has 0 spiro atoms. The fraction of sp³-hybridized carbons (Fsp3) is 0.500. The van der Waals surface area contributed by atoms with E-state index in [0.29, 0.717) is 5.02 Å². The number of carbonyl (C=O) groups is 2. The Morgan fingerprint density at radius 1 is 1.10 bits per heavy atom. The fourth-order valence-electron chi connectivity index (χ4n) is 1.72. The number of hydrogen-bond acceptors (Lipinski definition) is 2. The van der Waals surface area contributed by atoms with Gasteiger partial charge in [-0.2, -0.15) is 0 Å². The van der Waals surface area contributed by atoms with E-state index in [1.165, 1.54) is 0 Å². The van der Waals surface area contributed by atoms with Gasteiger partial charge in [0.05, 0.1) is 6.04 Å². The van der Waals surface area contributed by atoms with E-state index in [0.717, 1.165) is 5.56 Å². The number of amides is 2. The Labute approximate surface area is 131 Å². The molecule has 116 valence electrons. The maximum atomic E-state index is 12.1. The third-order valence-electron chi connectivity index (χ3n) is 3.15. The second-order valence-electron chi connectivity index (χ2n) is 6.20. The minimum atomic E-state index is -0.596. The van der Waals surface area contributed by atoms with Crippen LogP contribution in [0.15, 0.2) is 24.3 Å². The molecule has 2 unspecified atom stereocenters. The van der Waals surface area contributed by atoms with Crippen molar-refractivity contribution in [2.24, 2.45) is 5.41 Å². The van der Waals surface area contributed by atoms with E-state index in [1.54, 1.807) is 33.8 Å². The normalized spacial score (nSPS) is 14.2. The zero-order valence-corrected chi connectivity index (χ0v) is 13.9. The molecular weight excluding hydrogens is 288 g/mol. The third-order valence-corrected chi connectivity index (χ3v) is 3.50. The highest BCUT2D eigenvalue weighted by Gasteiger charge is 2.25. The van der Waals surface area contributed by atoms with Crippen LogP contribution in [0.2, 0.25) is 5.02 Å². The van der Waals surface area contributed by atoms with Gasteiger partial charge in [-0.05, 0) is 25.5 Å². The predicted octanol–water partition coefficient (Wildman–Crippen LogP) is 3.07. The van der Waals surface area contributed by atoms with Crippen molar-refractivity contribution in [1.29, 1.82) is 0 Å². The van der Waals surface area contributed by atoms with E-state index in [4.69, 9.17) is 11.6 Å². The molecular formula is C16H23ClN2O2. The molecule has 0 fully saturated rings. The summed E-state index contributed by atoms with van der Waals surface area (Å²) in [4.78, 5) is 24.0. The molecule has 0 aliphatic rings. The van der Waals surface area contributed by atoms with Crippen LogP contribution in [0.5, 0.6) is 0 Å². The molecule has 1 aromatic carbocycles. The smallest absolute Gasteiger partial charge is 0.242 e. The van der Waals surface area contributed by atoms with Crippen molar-refractivity contribution in [3.8, 4) is 0 Å². The standard InChI is InChI=1S/C16H23ClN2O2/c1-10(12-8-6-7-9-13(12)17)18-14(20)11(2)19-15(21)16(3,4)5/h6-11H,1-5H3,(H,18,20)(H,19,21). The number of hydrogen-bond donors (Lipinski definition) is 2. The van der Waals surface area contributed by atoms with E-state index in [1.807, 2.05) is 25.1 Å². The minimum Gasteiger partial charge on any atom is -0.348 e. The molecule has 0 saturated carbocycles. The second-order valence-corrected chi connectivity index (χ2v) is 6.60. The van der Waals surface area contributed by atoms with Gasteiger partial charge in [0.15, 0.2) is 0 Å². The van der Waals surface area contributed by atoms with Gasteiger partial charge in [0, 0.05) is 10.4 Å². The highest BCUT2D eigenvalue weighted by molar-refractivity contribution is 6.31. The Hall–Kier alpha value is -1.55. The van der Waals surface area contributed by atoms with Crippen molar-refractivity contribution in [1.82, 2.24) is 10.6 Å². The minimum absolute atomic E-state index is 0.157. The number of nitrogens with one attached hydrogen (secondary N) is 2. The van der Waals surface area contributed by atoms with E-state index in [9.17, 15) is 9.59 Å². The van der Waals surface area contributed by atoms with Crippen LogP contribution < -0.4 is 10.6 Å². The molecule has 4 nitrogen and oxygen atoms in total. The Morgan fingerprint density at radius 2 is 1.67 bits per heavy atom. The monoisotopic (exact) mass is 310 g/mol. The Bertz CT molecular complexity index is 523. The van der Waals surface area contributed by atoms with Gasteiger partial charge >= 0.3 is 0 Å². The molecule has 0 heterocycles. The zero-order valence-electron chi connectivity index (χ0n) is 13.2. The number of benzene rings is 1. The van der Waals surface area contributed by atoms with Crippen molar-refractivity contribution in [2.75, 3.05) is 0 Å². The van der Waals surface area contributed by atoms with Gasteiger partial charge in [-0.1, -0.05) is 50.6 Å². The van der Waals surface area contributed by atoms with Crippen LogP contribution in [0.4, 0.5) is 0 Å². The molecule has 0 aromatic heterocycles. The quantitative estimate of drug-likeness (QED) is 0.898. The topological polar surface area (TPSA) is 58.2 Å². The first kappa shape index (κ1) is 17.5. The molecule has 0 aliphatic carbocycles. The zero-order chi connectivity index (χ0) is 16.2. The molecule has 21 heavy (non-hydrogen) atoms. The van der Waals surface area contributed by atoms with E-state index < -0.39 is 11.5 Å². The van der Waals surface area contributed by atoms with Gasteiger partial charge < -0.3 is 10.6 Å². The Kier molecular flexibility index (Phi) is 5.78. The van der Waals surface area contributed by atoms with Gasteiger partial charge in [0.25, 0.3) is 0 Å².